The van der Waals surface area contributed by atoms with Gasteiger partial charge in [0.1, 0.15) is 12.1 Å². The first kappa shape index (κ1) is 18.3. The van der Waals surface area contributed by atoms with Gasteiger partial charge < -0.3 is 9.80 Å². The van der Waals surface area contributed by atoms with Crippen molar-refractivity contribution < 1.29 is 9.59 Å². The number of likely N-dealkylation sites (N-methyl/N-ethyl adjacent to an activating group) is 1. The average Bonchev–Trinajstić information content (AvgIpc) is 3.06. The normalized spacial score (nSPS) is 15.4. The number of benzene rings is 1. The topological polar surface area (TPSA) is 74.6 Å². The molecule has 140 valence electrons. The molecule has 1 aromatic heterocycles. The van der Waals surface area contributed by atoms with Gasteiger partial charge in [0.15, 0.2) is 0 Å². The maximum Gasteiger partial charge on any atom is 0.244 e. The number of nitrogens with zero attached hydrogens (tertiary/aromatic N) is 6. The van der Waals surface area contributed by atoms with E-state index >= 15 is 0 Å². The molecule has 0 saturated carbocycles. The lowest BCUT2D eigenvalue weighted by molar-refractivity contribution is -0.135. The van der Waals surface area contributed by atoms with E-state index in [1.807, 2.05) is 47.9 Å². The Hall–Kier alpha value is -2.48. The molecule has 1 aliphatic rings. The second kappa shape index (κ2) is 8.27. The zero-order valence-corrected chi connectivity index (χ0v) is 15.5. The number of hydrogen-bond acceptors (Lipinski definition) is 5. The van der Waals surface area contributed by atoms with Crippen LogP contribution in [0.2, 0.25) is 0 Å². The van der Waals surface area contributed by atoms with Gasteiger partial charge in [-0.15, -0.1) is 5.10 Å². The van der Waals surface area contributed by atoms with Crippen molar-refractivity contribution in [1.29, 1.82) is 0 Å². The van der Waals surface area contributed by atoms with Gasteiger partial charge in [-0.3, -0.25) is 14.5 Å². The lowest BCUT2D eigenvalue weighted by atomic mass is 10.3. The second-order valence-corrected chi connectivity index (χ2v) is 6.46. The molecular formula is C18H26N6O2. The van der Waals surface area contributed by atoms with Crippen molar-refractivity contribution in [3.05, 3.63) is 24.3 Å². The van der Waals surface area contributed by atoms with Crippen molar-refractivity contribution in [2.45, 2.75) is 20.4 Å². The Morgan fingerprint density at radius 3 is 2.42 bits per heavy atom. The van der Waals surface area contributed by atoms with E-state index in [-0.39, 0.29) is 18.4 Å². The van der Waals surface area contributed by atoms with E-state index in [1.54, 1.807) is 4.68 Å². The summed E-state index contributed by atoms with van der Waals surface area (Å²) >= 11 is 0. The summed E-state index contributed by atoms with van der Waals surface area (Å²) in [6, 6.07) is 7.62. The van der Waals surface area contributed by atoms with Crippen LogP contribution in [0.25, 0.3) is 11.0 Å². The van der Waals surface area contributed by atoms with Crippen molar-refractivity contribution in [1.82, 2.24) is 29.7 Å². The summed E-state index contributed by atoms with van der Waals surface area (Å²) in [5, 5.41) is 8.17. The van der Waals surface area contributed by atoms with Crippen LogP contribution in [0.5, 0.6) is 0 Å². The van der Waals surface area contributed by atoms with E-state index < -0.39 is 0 Å². The van der Waals surface area contributed by atoms with E-state index in [0.717, 1.165) is 37.2 Å². The zero-order chi connectivity index (χ0) is 18.5. The molecule has 0 N–H and O–H groups in total. The smallest absolute Gasteiger partial charge is 0.244 e. The van der Waals surface area contributed by atoms with E-state index in [9.17, 15) is 9.59 Å². The molecular weight excluding hydrogens is 332 g/mol. The molecule has 0 radical (unpaired) electrons. The Bertz CT molecular complexity index is 762. The minimum Gasteiger partial charge on any atom is -0.342 e. The molecule has 1 fully saturated rings. The first-order valence-electron chi connectivity index (χ1n) is 9.18. The Balaban J connectivity index is 1.51. The van der Waals surface area contributed by atoms with Crippen molar-refractivity contribution in [2.24, 2.45) is 0 Å². The Morgan fingerprint density at radius 2 is 1.73 bits per heavy atom. The number of aromatic nitrogens is 3. The molecule has 0 bridgehead atoms. The molecule has 8 heteroatoms. The molecule has 8 nitrogen and oxygen atoms in total. The molecule has 2 aromatic rings. The number of carbonyl (C=O) groups is 2. The van der Waals surface area contributed by atoms with E-state index in [2.05, 4.69) is 15.2 Å². The summed E-state index contributed by atoms with van der Waals surface area (Å²) in [5.74, 6) is 0.194. The van der Waals surface area contributed by atoms with E-state index in [0.29, 0.717) is 19.6 Å². The summed E-state index contributed by atoms with van der Waals surface area (Å²) in [6.07, 6.45) is 0. The van der Waals surface area contributed by atoms with Crippen LogP contribution in [-0.2, 0) is 16.1 Å². The minimum atomic E-state index is 0.0374. The largest absolute Gasteiger partial charge is 0.342 e. The third kappa shape index (κ3) is 4.01. The second-order valence-electron chi connectivity index (χ2n) is 6.46. The summed E-state index contributed by atoms with van der Waals surface area (Å²) < 4.78 is 1.65. The van der Waals surface area contributed by atoms with Crippen molar-refractivity contribution in [2.75, 3.05) is 45.8 Å². The number of carbonyl (C=O) groups excluding carboxylic acids is 2. The van der Waals surface area contributed by atoms with E-state index in [1.165, 1.54) is 0 Å². The number of amides is 2. The van der Waals surface area contributed by atoms with Gasteiger partial charge in [0, 0.05) is 39.3 Å². The van der Waals surface area contributed by atoms with Gasteiger partial charge in [0.2, 0.25) is 11.8 Å². The highest BCUT2D eigenvalue weighted by Gasteiger charge is 2.24. The standard InChI is InChI=1S/C18H26N6O2/c1-3-22(4-2)17(25)13-21-9-11-23(12-10-21)18(26)14-24-16-8-6-5-7-15(16)19-20-24/h5-8H,3-4,9-14H2,1-2H3. The maximum atomic E-state index is 12.6. The molecule has 3 rings (SSSR count). The van der Waals surface area contributed by atoms with E-state index in [4.69, 9.17) is 0 Å². The number of fused-ring (bicyclic) bond motifs is 1. The van der Waals surface area contributed by atoms with Gasteiger partial charge in [-0.05, 0) is 26.0 Å². The molecule has 1 aromatic carbocycles. The van der Waals surface area contributed by atoms with Gasteiger partial charge in [0.05, 0.1) is 12.1 Å². The van der Waals surface area contributed by atoms with Gasteiger partial charge >= 0.3 is 0 Å². The predicted molar refractivity (Wildman–Crippen MR) is 98.5 cm³/mol. The SMILES string of the molecule is CCN(CC)C(=O)CN1CCN(C(=O)Cn2nnc3ccccc32)CC1. The summed E-state index contributed by atoms with van der Waals surface area (Å²) in [7, 11) is 0. The van der Waals surface area contributed by atoms with Crippen LogP contribution in [0.15, 0.2) is 24.3 Å². The quantitative estimate of drug-likeness (QED) is 0.749. The highest BCUT2D eigenvalue weighted by atomic mass is 16.2. The van der Waals surface area contributed by atoms with Gasteiger partial charge in [-0.2, -0.15) is 0 Å². The third-order valence-corrected chi connectivity index (χ3v) is 4.91. The van der Waals surface area contributed by atoms with Gasteiger partial charge in [-0.25, -0.2) is 4.68 Å². The van der Waals surface area contributed by atoms with Crippen LogP contribution < -0.4 is 0 Å². The Kier molecular flexibility index (Phi) is 5.82. The minimum absolute atomic E-state index is 0.0374. The first-order chi connectivity index (χ1) is 12.6. The molecule has 0 atom stereocenters. The fourth-order valence-corrected chi connectivity index (χ4v) is 3.29. The van der Waals surface area contributed by atoms with Crippen LogP contribution >= 0.6 is 0 Å². The van der Waals surface area contributed by atoms with Crippen LogP contribution in [-0.4, -0.2) is 87.3 Å². The Morgan fingerprint density at radius 1 is 1.04 bits per heavy atom. The summed E-state index contributed by atoms with van der Waals surface area (Å²) in [6.45, 7) is 8.79. The lowest BCUT2D eigenvalue weighted by Crippen LogP contribution is -2.52. The number of para-hydroxylation sites is 1. The maximum absolute atomic E-state index is 12.6. The molecule has 1 saturated heterocycles. The average molecular weight is 358 g/mol. The monoisotopic (exact) mass is 358 g/mol. The molecule has 2 amide bonds. The van der Waals surface area contributed by atoms with Crippen LogP contribution in [0.1, 0.15) is 13.8 Å². The molecule has 0 unspecified atom stereocenters. The predicted octanol–water partition coefficient (Wildman–Crippen LogP) is 0.444. The first-order valence-corrected chi connectivity index (χ1v) is 9.18. The van der Waals surface area contributed by atoms with Gasteiger partial charge in [-0.1, -0.05) is 17.3 Å². The van der Waals surface area contributed by atoms with Crippen molar-refractivity contribution in [3.8, 4) is 0 Å². The molecule has 26 heavy (non-hydrogen) atoms. The van der Waals surface area contributed by atoms with Gasteiger partial charge in [0.25, 0.3) is 0 Å². The summed E-state index contributed by atoms with van der Waals surface area (Å²) in [5.41, 5.74) is 1.66. The van der Waals surface area contributed by atoms with Crippen molar-refractivity contribution in [3.63, 3.8) is 0 Å². The number of rotatable bonds is 6. The molecule has 1 aliphatic heterocycles. The number of hydrogen-bond donors (Lipinski definition) is 0. The van der Waals surface area contributed by atoms with Crippen LogP contribution in [0.3, 0.4) is 0 Å². The third-order valence-electron chi connectivity index (χ3n) is 4.91. The highest BCUT2D eigenvalue weighted by Crippen LogP contribution is 2.11. The van der Waals surface area contributed by atoms with Crippen LogP contribution in [0.4, 0.5) is 0 Å². The highest BCUT2D eigenvalue weighted by molar-refractivity contribution is 5.80. The Labute approximate surface area is 153 Å². The fraction of sp³-hybridized carbons (Fsp3) is 0.556. The zero-order valence-electron chi connectivity index (χ0n) is 15.5. The number of piperazine rings is 1. The van der Waals surface area contributed by atoms with Crippen LogP contribution in [0, 0.1) is 0 Å². The van der Waals surface area contributed by atoms with Crippen molar-refractivity contribution >= 4 is 22.8 Å². The molecule has 0 spiro atoms. The lowest BCUT2D eigenvalue weighted by Gasteiger charge is -2.35. The fourth-order valence-electron chi connectivity index (χ4n) is 3.29. The molecule has 2 heterocycles. The molecule has 0 aliphatic carbocycles. The summed E-state index contributed by atoms with van der Waals surface area (Å²) in [4.78, 5) is 30.6.